The van der Waals surface area contributed by atoms with Gasteiger partial charge in [0.25, 0.3) is 0 Å². The van der Waals surface area contributed by atoms with Crippen molar-refractivity contribution in [2.75, 3.05) is 46.1 Å². The topological polar surface area (TPSA) is 112 Å². The zero-order valence-corrected chi connectivity index (χ0v) is 41.3. The lowest BCUT2D eigenvalue weighted by atomic mass is 9.92. The van der Waals surface area contributed by atoms with E-state index < -0.39 is 0 Å². The minimum absolute atomic E-state index is 0.000741. The molecule has 366 valence electrons. The van der Waals surface area contributed by atoms with Crippen LogP contribution in [0.2, 0.25) is 0 Å². The van der Waals surface area contributed by atoms with E-state index in [1.807, 2.05) is 0 Å². The highest BCUT2D eigenvalue weighted by atomic mass is 16.6. The normalized spacial score (nSPS) is 13.7. The molecule has 0 unspecified atom stereocenters. The third-order valence-corrected chi connectivity index (χ3v) is 13.2. The third kappa shape index (κ3) is 35.6. The second kappa shape index (κ2) is 43.2. The molecule has 0 aromatic carbocycles. The monoisotopic (exact) mass is 880 g/mol. The standard InChI is InChI=1S/C53H101NO8/c1-5-9-19-28-47(29-20-10-6-2)38-44-59-51(56)34-25-17-13-15-23-32-50(62-53(58)46-61-49-36-41-54(42-37-49)40-27-43-55)33-24-16-14-18-26-35-52(57)60-45-39-48(30-21-11-7-3)31-22-12-8-4/h47-50,55H,5-46H2,1-4H3. The molecule has 62 heavy (non-hydrogen) atoms. The number of likely N-dealkylation sites (tertiary alicyclic amines) is 1. The molecular weight excluding hydrogens is 779 g/mol. The van der Waals surface area contributed by atoms with Crippen LogP contribution in [-0.2, 0) is 33.3 Å². The predicted octanol–water partition coefficient (Wildman–Crippen LogP) is 13.6. The van der Waals surface area contributed by atoms with E-state index in [2.05, 4.69) is 32.6 Å². The number of hydrogen-bond acceptors (Lipinski definition) is 9. The van der Waals surface area contributed by atoms with Gasteiger partial charge < -0.3 is 29.0 Å². The van der Waals surface area contributed by atoms with Crippen molar-refractivity contribution in [3.63, 3.8) is 0 Å². The zero-order valence-electron chi connectivity index (χ0n) is 41.3. The number of ether oxygens (including phenoxy) is 4. The molecule has 0 saturated carbocycles. The van der Waals surface area contributed by atoms with E-state index in [9.17, 15) is 14.4 Å². The molecule has 0 aliphatic carbocycles. The minimum Gasteiger partial charge on any atom is -0.466 e. The highest BCUT2D eigenvalue weighted by Gasteiger charge is 2.22. The van der Waals surface area contributed by atoms with Crippen LogP contribution in [0.25, 0.3) is 0 Å². The van der Waals surface area contributed by atoms with E-state index in [1.54, 1.807) is 0 Å². The summed E-state index contributed by atoms with van der Waals surface area (Å²) in [7, 11) is 0. The summed E-state index contributed by atoms with van der Waals surface area (Å²) in [5, 5.41) is 9.14. The molecular formula is C53H101NO8. The molecule has 0 bridgehead atoms. The van der Waals surface area contributed by atoms with Gasteiger partial charge >= 0.3 is 17.9 Å². The molecule has 1 N–H and O–H groups in total. The Kier molecular flexibility index (Phi) is 40.6. The maximum atomic E-state index is 13.0. The van der Waals surface area contributed by atoms with Gasteiger partial charge in [-0.1, -0.05) is 169 Å². The third-order valence-electron chi connectivity index (χ3n) is 13.2. The number of unbranched alkanes of at least 4 members (excludes halogenated alkanes) is 16. The first-order valence-corrected chi connectivity index (χ1v) is 26.8. The van der Waals surface area contributed by atoms with E-state index in [4.69, 9.17) is 24.1 Å². The molecule has 1 aliphatic heterocycles. The molecule has 0 radical (unpaired) electrons. The van der Waals surface area contributed by atoms with Crippen molar-refractivity contribution in [3.8, 4) is 0 Å². The summed E-state index contributed by atoms with van der Waals surface area (Å²) in [5.41, 5.74) is 0. The summed E-state index contributed by atoms with van der Waals surface area (Å²) in [5.74, 6) is 0.983. The van der Waals surface area contributed by atoms with E-state index in [1.165, 1.54) is 103 Å². The van der Waals surface area contributed by atoms with E-state index in [0.29, 0.717) is 37.9 Å². The van der Waals surface area contributed by atoms with Crippen molar-refractivity contribution in [3.05, 3.63) is 0 Å². The Hall–Kier alpha value is -1.71. The Balaban J connectivity index is 2.39. The summed E-state index contributed by atoms with van der Waals surface area (Å²) >= 11 is 0. The lowest BCUT2D eigenvalue weighted by Crippen LogP contribution is -2.38. The van der Waals surface area contributed by atoms with Gasteiger partial charge in [0.2, 0.25) is 0 Å². The summed E-state index contributed by atoms with van der Waals surface area (Å²) < 4.78 is 23.3. The van der Waals surface area contributed by atoms with Crippen molar-refractivity contribution < 1.29 is 38.4 Å². The zero-order chi connectivity index (χ0) is 45.1. The Morgan fingerprint density at radius 2 is 0.903 bits per heavy atom. The van der Waals surface area contributed by atoms with E-state index in [0.717, 1.165) is 129 Å². The maximum absolute atomic E-state index is 13.0. The minimum atomic E-state index is -0.267. The number of esters is 3. The molecule has 0 spiro atoms. The molecule has 1 fully saturated rings. The Morgan fingerprint density at radius 3 is 1.32 bits per heavy atom. The number of carbonyl (C=O) groups is 3. The molecule has 1 heterocycles. The molecule has 0 atom stereocenters. The largest absolute Gasteiger partial charge is 0.466 e. The summed E-state index contributed by atoms with van der Waals surface area (Å²) in [4.78, 5) is 40.2. The van der Waals surface area contributed by atoms with Crippen LogP contribution in [0, 0.1) is 11.8 Å². The van der Waals surface area contributed by atoms with Crippen LogP contribution in [0.15, 0.2) is 0 Å². The predicted molar refractivity (Wildman–Crippen MR) is 256 cm³/mol. The van der Waals surface area contributed by atoms with Crippen molar-refractivity contribution in [1.29, 1.82) is 0 Å². The fourth-order valence-electron chi connectivity index (χ4n) is 9.03. The van der Waals surface area contributed by atoms with E-state index in [-0.39, 0.29) is 43.3 Å². The highest BCUT2D eigenvalue weighted by molar-refractivity contribution is 5.71. The van der Waals surface area contributed by atoms with Gasteiger partial charge in [0.15, 0.2) is 0 Å². The molecule has 0 aromatic rings. The molecule has 9 nitrogen and oxygen atoms in total. The maximum Gasteiger partial charge on any atom is 0.332 e. The molecule has 1 rings (SSSR count). The molecule has 1 saturated heterocycles. The number of aliphatic hydroxyl groups is 1. The molecule has 0 aromatic heterocycles. The van der Waals surface area contributed by atoms with Gasteiger partial charge in [0, 0.05) is 39.1 Å². The number of piperidine rings is 1. The Labute approximate surface area is 382 Å². The van der Waals surface area contributed by atoms with Gasteiger partial charge in [-0.2, -0.15) is 0 Å². The van der Waals surface area contributed by atoms with E-state index >= 15 is 0 Å². The number of rotatable bonds is 45. The van der Waals surface area contributed by atoms with Gasteiger partial charge in [0.05, 0.1) is 19.3 Å². The van der Waals surface area contributed by atoms with Crippen LogP contribution in [0.5, 0.6) is 0 Å². The second-order valence-electron chi connectivity index (χ2n) is 18.9. The van der Waals surface area contributed by atoms with Crippen LogP contribution in [0.3, 0.4) is 0 Å². The number of carbonyl (C=O) groups excluding carboxylic acids is 3. The van der Waals surface area contributed by atoms with Crippen molar-refractivity contribution in [2.45, 2.75) is 265 Å². The number of aliphatic hydroxyl groups excluding tert-OH is 1. The number of nitrogens with zero attached hydrogens (tertiary/aromatic N) is 1. The second-order valence-corrected chi connectivity index (χ2v) is 18.9. The summed E-state index contributed by atoms with van der Waals surface area (Å²) in [6.45, 7) is 13.1. The first kappa shape index (κ1) is 58.3. The lowest BCUT2D eigenvalue weighted by molar-refractivity contribution is -0.158. The Bertz CT molecular complexity index is 942. The summed E-state index contributed by atoms with van der Waals surface area (Å²) in [6, 6.07) is 0. The van der Waals surface area contributed by atoms with Gasteiger partial charge in [-0.05, 0) is 82.5 Å². The Morgan fingerprint density at radius 1 is 0.500 bits per heavy atom. The number of hydrogen-bond donors (Lipinski definition) is 1. The quantitative estimate of drug-likeness (QED) is 0.0363. The summed E-state index contributed by atoms with van der Waals surface area (Å²) in [6.07, 6.45) is 37.5. The van der Waals surface area contributed by atoms with Crippen molar-refractivity contribution in [2.24, 2.45) is 11.8 Å². The van der Waals surface area contributed by atoms with Crippen LogP contribution in [0.1, 0.15) is 252 Å². The van der Waals surface area contributed by atoms with Crippen LogP contribution < -0.4 is 0 Å². The highest BCUT2D eigenvalue weighted by Crippen LogP contribution is 2.23. The van der Waals surface area contributed by atoms with Crippen LogP contribution >= 0.6 is 0 Å². The fraction of sp³-hybridized carbons (Fsp3) is 0.943. The molecule has 1 aliphatic rings. The van der Waals surface area contributed by atoms with Gasteiger partial charge in [-0.25, -0.2) is 4.79 Å². The van der Waals surface area contributed by atoms with Crippen LogP contribution in [-0.4, -0.2) is 86.2 Å². The van der Waals surface area contributed by atoms with Gasteiger partial charge in [-0.15, -0.1) is 0 Å². The SMILES string of the molecule is CCCCCC(CCCCC)CCOC(=O)CCCCCCCC(CCCCCCCC(=O)OCCC(CCCCC)CCCCC)OC(=O)COC1CCN(CCCO)CC1. The molecule has 9 heteroatoms. The fourth-order valence-corrected chi connectivity index (χ4v) is 9.03. The van der Waals surface area contributed by atoms with Crippen molar-refractivity contribution >= 4 is 17.9 Å². The van der Waals surface area contributed by atoms with Crippen molar-refractivity contribution in [1.82, 2.24) is 4.90 Å². The average Bonchev–Trinajstić information content (AvgIpc) is 3.27. The lowest BCUT2D eigenvalue weighted by Gasteiger charge is -2.31. The first-order chi connectivity index (χ1) is 30.3. The molecule has 0 amide bonds. The van der Waals surface area contributed by atoms with Gasteiger partial charge in [0.1, 0.15) is 12.7 Å². The average molecular weight is 880 g/mol. The first-order valence-electron chi connectivity index (χ1n) is 26.8. The van der Waals surface area contributed by atoms with Gasteiger partial charge in [-0.3, -0.25) is 9.59 Å². The van der Waals surface area contributed by atoms with Crippen LogP contribution in [0.4, 0.5) is 0 Å². The smallest absolute Gasteiger partial charge is 0.332 e.